The fraction of sp³-hybridized carbons (Fsp3) is 0.435. The lowest BCUT2D eigenvalue weighted by Gasteiger charge is -2.39. The number of aliphatic carboxylic acids is 1. The molecule has 1 saturated heterocycles. The summed E-state index contributed by atoms with van der Waals surface area (Å²) >= 11 is 0. The number of likely N-dealkylation sites (tertiary alicyclic amines) is 1. The van der Waals surface area contributed by atoms with Crippen LogP contribution in [0.15, 0.2) is 30.7 Å². The van der Waals surface area contributed by atoms with Crippen molar-refractivity contribution >= 4 is 28.5 Å². The van der Waals surface area contributed by atoms with E-state index in [0.717, 1.165) is 48.5 Å². The molecule has 10 heteroatoms. The summed E-state index contributed by atoms with van der Waals surface area (Å²) in [5.74, 6) is 1.70. The van der Waals surface area contributed by atoms with Crippen molar-refractivity contribution in [3.05, 3.63) is 36.3 Å². The van der Waals surface area contributed by atoms with Crippen LogP contribution in [0.2, 0.25) is 0 Å². The van der Waals surface area contributed by atoms with Gasteiger partial charge in [-0.05, 0) is 37.1 Å². The molecule has 10 nitrogen and oxygen atoms in total. The molecule has 0 saturated carbocycles. The summed E-state index contributed by atoms with van der Waals surface area (Å²) in [6.07, 6.45) is 4.01. The SMILES string of the molecule is CNCC1CN(Cc2c[nH]c3ncnc(Nc4ccc(OC)c(OCCCC(=O)O)c4)c23)C1. The van der Waals surface area contributed by atoms with Crippen molar-refractivity contribution in [2.75, 3.05) is 45.7 Å². The number of benzene rings is 1. The van der Waals surface area contributed by atoms with Crippen LogP contribution in [0.3, 0.4) is 0 Å². The number of nitrogens with zero attached hydrogens (tertiary/aromatic N) is 3. The standard InChI is InChI=1S/C23H30N6O4/c1-24-9-15-11-29(12-15)13-16-10-25-22-21(16)23(27-14-26-22)28-17-5-6-18(32-2)19(8-17)33-7-3-4-20(30)31/h5-6,8,10,14-15,24H,3-4,7,9,11-13H2,1-2H3,(H,30,31)(H2,25,26,27,28). The molecule has 0 radical (unpaired) electrons. The summed E-state index contributed by atoms with van der Waals surface area (Å²) in [6, 6.07) is 5.53. The number of hydrogen-bond donors (Lipinski definition) is 4. The van der Waals surface area contributed by atoms with Crippen molar-refractivity contribution in [2.24, 2.45) is 5.92 Å². The fourth-order valence-corrected chi connectivity index (χ4v) is 4.12. The molecule has 0 bridgehead atoms. The number of hydrogen-bond acceptors (Lipinski definition) is 8. The Morgan fingerprint density at radius 1 is 1.30 bits per heavy atom. The number of aromatic amines is 1. The predicted octanol–water partition coefficient (Wildman–Crippen LogP) is 2.60. The Labute approximate surface area is 192 Å². The molecule has 0 aliphatic carbocycles. The van der Waals surface area contributed by atoms with Gasteiger partial charge < -0.3 is 30.2 Å². The summed E-state index contributed by atoms with van der Waals surface area (Å²) in [7, 11) is 3.56. The highest BCUT2D eigenvalue weighted by molar-refractivity contribution is 5.92. The van der Waals surface area contributed by atoms with Crippen LogP contribution in [-0.4, -0.2) is 71.3 Å². The maximum absolute atomic E-state index is 10.7. The number of carboxylic acids is 1. The Bertz CT molecular complexity index is 1100. The van der Waals surface area contributed by atoms with Gasteiger partial charge in [0.1, 0.15) is 17.8 Å². The van der Waals surface area contributed by atoms with Gasteiger partial charge in [-0.1, -0.05) is 0 Å². The minimum Gasteiger partial charge on any atom is -0.493 e. The molecule has 2 aromatic heterocycles. The summed E-state index contributed by atoms with van der Waals surface area (Å²) in [5, 5.41) is 16.4. The number of aromatic nitrogens is 3. The monoisotopic (exact) mass is 454 g/mol. The van der Waals surface area contributed by atoms with Gasteiger partial charge in [-0.2, -0.15) is 0 Å². The minimum absolute atomic E-state index is 0.0577. The lowest BCUT2D eigenvalue weighted by atomic mass is 9.99. The number of ether oxygens (including phenoxy) is 2. The van der Waals surface area contributed by atoms with Crippen LogP contribution < -0.4 is 20.1 Å². The molecule has 3 aromatic rings. The molecular weight excluding hydrogens is 424 g/mol. The molecule has 176 valence electrons. The van der Waals surface area contributed by atoms with E-state index in [1.807, 2.05) is 31.4 Å². The third-order valence-corrected chi connectivity index (χ3v) is 5.69. The van der Waals surface area contributed by atoms with E-state index >= 15 is 0 Å². The molecule has 1 fully saturated rings. The molecule has 4 N–H and O–H groups in total. The number of anilines is 2. The predicted molar refractivity (Wildman–Crippen MR) is 125 cm³/mol. The summed E-state index contributed by atoms with van der Waals surface area (Å²) < 4.78 is 11.2. The lowest BCUT2D eigenvalue weighted by molar-refractivity contribution is -0.137. The number of carboxylic acid groups (broad SMARTS) is 1. The normalized spacial score (nSPS) is 14.2. The molecule has 4 rings (SSSR count). The zero-order chi connectivity index (χ0) is 23.2. The van der Waals surface area contributed by atoms with Crippen LogP contribution in [0.4, 0.5) is 11.5 Å². The smallest absolute Gasteiger partial charge is 0.303 e. The van der Waals surface area contributed by atoms with Crippen molar-refractivity contribution < 1.29 is 19.4 Å². The summed E-state index contributed by atoms with van der Waals surface area (Å²) in [6.45, 7) is 4.31. The molecule has 1 aliphatic rings. The van der Waals surface area contributed by atoms with E-state index in [9.17, 15) is 4.79 Å². The minimum atomic E-state index is -0.841. The zero-order valence-corrected chi connectivity index (χ0v) is 18.9. The molecule has 1 aliphatic heterocycles. The Balaban J connectivity index is 1.49. The quantitative estimate of drug-likeness (QED) is 0.306. The van der Waals surface area contributed by atoms with E-state index in [1.165, 1.54) is 6.33 Å². The highest BCUT2D eigenvalue weighted by Crippen LogP contribution is 2.33. The lowest BCUT2D eigenvalue weighted by Crippen LogP contribution is -2.49. The first-order valence-corrected chi connectivity index (χ1v) is 11.0. The second kappa shape index (κ2) is 10.5. The molecule has 33 heavy (non-hydrogen) atoms. The first kappa shape index (κ1) is 22.8. The van der Waals surface area contributed by atoms with E-state index in [-0.39, 0.29) is 13.0 Å². The van der Waals surface area contributed by atoms with Gasteiger partial charge in [0.2, 0.25) is 0 Å². The average molecular weight is 455 g/mol. The molecule has 0 atom stereocenters. The van der Waals surface area contributed by atoms with E-state index in [2.05, 4.69) is 30.5 Å². The second-order valence-corrected chi connectivity index (χ2v) is 8.21. The van der Waals surface area contributed by atoms with Gasteiger partial charge in [-0.25, -0.2) is 9.97 Å². The third kappa shape index (κ3) is 5.52. The van der Waals surface area contributed by atoms with E-state index in [0.29, 0.717) is 29.7 Å². The van der Waals surface area contributed by atoms with Crippen LogP contribution >= 0.6 is 0 Å². The van der Waals surface area contributed by atoms with Crippen molar-refractivity contribution in [3.63, 3.8) is 0 Å². The largest absolute Gasteiger partial charge is 0.493 e. The van der Waals surface area contributed by atoms with Crippen molar-refractivity contribution in [3.8, 4) is 11.5 Å². The molecule has 3 heterocycles. The Morgan fingerprint density at radius 3 is 2.91 bits per heavy atom. The van der Waals surface area contributed by atoms with Crippen molar-refractivity contribution in [2.45, 2.75) is 19.4 Å². The molecule has 1 aromatic carbocycles. The zero-order valence-electron chi connectivity index (χ0n) is 18.9. The van der Waals surface area contributed by atoms with Crippen LogP contribution in [0, 0.1) is 5.92 Å². The van der Waals surface area contributed by atoms with Crippen LogP contribution in [-0.2, 0) is 11.3 Å². The van der Waals surface area contributed by atoms with Gasteiger partial charge >= 0.3 is 5.97 Å². The molecule has 0 amide bonds. The summed E-state index contributed by atoms with van der Waals surface area (Å²) in [5.41, 5.74) is 2.72. The van der Waals surface area contributed by atoms with Gasteiger partial charge in [0.05, 0.1) is 19.1 Å². The van der Waals surface area contributed by atoms with Crippen molar-refractivity contribution in [1.29, 1.82) is 0 Å². The van der Waals surface area contributed by atoms with Gasteiger partial charge in [-0.3, -0.25) is 9.69 Å². The number of fused-ring (bicyclic) bond motifs is 1. The molecule has 0 unspecified atom stereocenters. The van der Waals surface area contributed by atoms with Crippen LogP contribution in [0.5, 0.6) is 11.5 Å². The Kier molecular flexibility index (Phi) is 7.26. The van der Waals surface area contributed by atoms with E-state index < -0.39 is 5.97 Å². The highest BCUT2D eigenvalue weighted by Gasteiger charge is 2.27. The second-order valence-electron chi connectivity index (χ2n) is 8.21. The number of methoxy groups -OCH3 is 1. The number of carbonyl (C=O) groups is 1. The molecular formula is C23H30N6O4. The van der Waals surface area contributed by atoms with Gasteiger partial charge in [0, 0.05) is 50.6 Å². The number of rotatable bonds is 12. The third-order valence-electron chi connectivity index (χ3n) is 5.69. The fourth-order valence-electron chi connectivity index (χ4n) is 4.12. The average Bonchev–Trinajstić information content (AvgIpc) is 3.19. The van der Waals surface area contributed by atoms with Crippen molar-refractivity contribution in [1.82, 2.24) is 25.2 Å². The maximum atomic E-state index is 10.7. The number of H-pyrrole nitrogens is 1. The number of nitrogens with one attached hydrogen (secondary N) is 3. The molecule has 0 spiro atoms. The Morgan fingerprint density at radius 2 is 2.15 bits per heavy atom. The van der Waals surface area contributed by atoms with Crippen LogP contribution in [0.1, 0.15) is 18.4 Å². The first-order chi connectivity index (χ1) is 16.1. The first-order valence-electron chi connectivity index (χ1n) is 11.0. The highest BCUT2D eigenvalue weighted by atomic mass is 16.5. The van der Waals surface area contributed by atoms with Gasteiger partial charge in [-0.15, -0.1) is 0 Å². The maximum Gasteiger partial charge on any atom is 0.303 e. The topological polar surface area (TPSA) is 125 Å². The van der Waals surface area contributed by atoms with E-state index in [1.54, 1.807) is 7.11 Å². The van der Waals surface area contributed by atoms with Crippen LogP contribution in [0.25, 0.3) is 11.0 Å². The Hall–Kier alpha value is -3.37. The van der Waals surface area contributed by atoms with E-state index in [4.69, 9.17) is 14.6 Å². The van der Waals surface area contributed by atoms with Gasteiger partial charge in [0.25, 0.3) is 0 Å². The summed E-state index contributed by atoms with van der Waals surface area (Å²) in [4.78, 5) is 25.3. The van der Waals surface area contributed by atoms with Gasteiger partial charge in [0.15, 0.2) is 11.5 Å².